The second-order valence-electron chi connectivity index (χ2n) is 3.73. The summed E-state index contributed by atoms with van der Waals surface area (Å²) >= 11 is 0. The van der Waals surface area contributed by atoms with Gasteiger partial charge in [-0.1, -0.05) is 25.6 Å². The van der Waals surface area contributed by atoms with E-state index in [1.165, 1.54) is 0 Å². The zero-order chi connectivity index (χ0) is 13.4. The summed E-state index contributed by atoms with van der Waals surface area (Å²) in [4.78, 5) is 10.6. The number of esters is 1. The molecule has 0 bridgehead atoms. The van der Waals surface area contributed by atoms with E-state index in [4.69, 9.17) is 4.74 Å². The first-order valence-electron chi connectivity index (χ1n) is 5.73. The van der Waals surface area contributed by atoms with Crippen LogP contribution in [-0.2, 0) is 9.53 Å². The summed E-state index contributed by atoms with van der Waals surface area (Å²) in [7, 11) is 0. The van der Waals surface area contributed by atoms with Gasteiger partial charge in [0.15, 0.2) is 0 Å². The molecule has 2 rings (SSSR count). The van der Waals surface area contributed by atoms with Gasteiger partial charge in [-0.3, -0.25) is 0 Å². The summed E-state index contributed by atoms with van der Waals surface area (Å²) in [6.45, 7) is 7.51. The standard InChI is InChI=1S/C7H12O2.C6H5N3/c1-4-5-9-7(8)6(2)3;1-2-4-6-5(3-1)7-9-8-6/h2,4-5H2,1,3H3;1-4H,(H,7,8,9). The number of para-hydroxylation sites is 2. The molecule has 5 nitrogen and oxygen atoms in total. The molecule has 1 aromatic carbocycles. The van der Waals surface area contributed by atoms with Gasteiger partial charge in [0.1, 0.15) is 11.0 Å². The van der Waals surface area contributed by atoms with Gasteiger partial charge in [0.25, 0.3) is 0 Å². The maximum Gasteiger partial charge on any atom is 0.333 e. The van der Waals surface area contributed by atoms with E-state index in [2.05, 4.69) is 22.0 Å². The molecular weight excluding hydrogens is 230 g/mol. The van der Waals surface area contributed by atoms with Crippen LogP contribution in [0.2, 0.25) is 0 Å². The number of benzene rings is 1. The Bertz CT molecular complexity index is 489. The Kier molecular flexibility index (Phi) is 5.57. The SMILES string of the molecule is C=C(C)C(=O)OCCC.c1ccc2n[nH]nc2c1. The number of nitrogens with zero attached hydrogens (tertiary/aromatic N) is 2. The number of rotatable bonds is 3. The molecule has 0 saturated carbocycles. The van der Waals surface area contributed by atoms with Crippen LogP contribution in [0, 0.1) is 0 Å². The number of ether oxygens (including phenoxy) is 1. The van der Waals surface area contributed by atoms with Crippen molar-refractivity contribution in [2.45, 2.75) is 20.3 Å². The molecule has 0 atom stereocenters. The predicted octanol–water partition coefficient (Wildman–Crippen LogP) is 2.47. The Balaban J connectivity index is 0.000000180. The van der Waals surface area contributed by atoms with Gasteiger partial charge in [-0.25, -0.2) is 4.79 Å². The minimum atomic E-state index is -0.295. The fourth-order valence-electron chi connectivity index (χ4n) is 1.10. The highest BCUT2D eigenvalue weighted by Gasteiger charge is 1.99. The number of carbonyl (C=O) groups excluding carboxylic acids is 1. The van der Waals surface area contributed by atoms with Crippen molar-refractivity contribution in [3.8, 4) is 0 Å². The number of carbonyl (C=O) groups is 1. The molecule has 0 fully saturated rings. The van der Waals surface area contributed by atoms with Gasteiger partial charge in [0.05, 0.1) is 6.61 Å². The maximum atomic E-state index is 10.6. The lowest BCUT2D eigenvalue weighted by Gasteiger charge is -1.99. The normalized spacial score (nSPS) is 9.44. The summed E-state index contributed by atoms with van der Waals surface area (Å²) < 4.78 is 4.71. The van der Waals surface area contributed by atoms with Crippen molar-refractivity contribution in [1.29, 1.82) is 0 Å². The summed E-state index contributed by atoms with van der Waals surface area (Å²) in [5.74, 6) is -0.295. The molecule has 96 valence electrons. The first-order chi connectivity index (χ1) is 8.65. The van der Waals surface area contributed by atoms with Crippen LogP contribution in [0.3, 0.4) is 0 Å². The molecule has 1 aromatic heterocycles. The largest absolute Gasteiger partial charge is 0.462 e. The minimum absolute atomic E-state index is 0.295. The topological polar surface area (TPSA) is 67.9 Å². The maximum absolute atomic E-state index is 10.6. The van der Waals surface area contributed by atoms with Crippen molar-refractivity contribution in [2.24, 2.45) is 0 Å². The van der Waals surface area contributed by atoms with Gasteiger partial charge in [-0.05, 0) is 25.5 Å². The molecule has 0 saturated heterocycles. The van der Waals surface area contributed by atoms with Gasteiger partial charge in [0, 0.05) is 5.57 Å². The van der Waals surface area contributed by atoms with E-state index < -0.39 is 0 Å². The molecule has 1 heterocycles. The molecule has 0 amide bonds. The van der Waals surface area contributed by atoms with Crippen molar-refractivity contribution in [1.82, 2.24) is 15.4 Å². The molecule has 18 heavy (non-hydrogen) atoms. The molecule has 0 aliphatic rings. The van der Waals surface area contributed by atoms with E-state index in [9.17, 15) is 4.79 Å². The summed E-state index contributed by atoms with van der Waals surface area (Å²) in [6.07, 6.45) is 0.860. The monoisotopic (exact) mass is 247 g/mol. The Morgan fingerprint density at radius 2 is 1.89 bits per heavy atom. The number of fused-ring (bicyclic) bond motifs is 1. The zero-order valence-electron chi connectivity index (χ0n) is 10.6. The van der Waals surface area contributed by atoms with E-state index in [1.807, 2.05) is 31.2 Å². The quantitative estimate of drug-likeness (QED) is 0.668. The molecule has 0 spiro atoms. The Morgan fingerprint density at radius 3 is 2.33 bits per heavy atom. The predicted molar refractivity (Wildman–Crippen MR) is 70.0 cm³/mol. The molecule has 0 unspecified atom stereocenters. The van der Waals surface area contributed by atoms with Crippen molar-refractivity contribution >= 4 is 17.0 Å². The number of aromatic nitrogens is 3. The van der Waals surface area contributed by atoms with Crippen LogP contribution in [0.1, 0.15) is 20.3 Å². The molecule has 2 aromatic rings. The summed E-state index contributed by atoms with van der Waals surface area (Å²) in [6, 6.07) is 7.70. The Morgan fingerprint density at radius 1 is 1.33 bits per heavy atom. The average Bonchev–Trinajstić information content (AvgIpc) is 2.84. The molecule has 0 aliphatic carbocycles. The minimum Gasteiger partial charge on any atom is -0.462 e. The van der Waals surface area contributed by atoms with Gasteiger partial charge < -0.3 is 4.74 Å². The van der Waals surface area contributed by atoms with Crippen LogP contribution >= 0.6 is 0 Å². The van der Waals surface area contributed by atoms with Crippen LogP contribution in [0.5, 0.6) is 0 Å². The van der Waals surface area contributed by atoms with Crippen molar-refractivity contribution in [2.75, 3.05) is 6.61 Å². The fourth-order valence-corrected chi connectivity index (χ4v) is 1.10. The van der Waals surface area contributed by atoms with Gasteiger partial charge in [-0.15, -0.1) is 0 Å². The van der Waals surface area contributed by atoms with Crippen LogP contribution < -0.4 is 0 Å². The third-order valence-electron chi connectivity index (χ3n) is 2.01. The molecule has 1 N–H and O–H groups in total. The lowest BCUT2D eigenvalue weighted by molar-refractivity contribution is -0.138. The average molecular weight is 247 g/mol. The molecule has 0 aliphatic heterocycles. The lowest BCUT2D eigenvalue weighted by Crippen LogP contribution is -2.04. The van der Waals surface area contributed by atoms with E-state index in [1.54, 1.807) is 6.92 Å². The van der Waals surface area contributed by atoms with Gasteiger partial charge in [0.2, 0.25) is 0 Å². The summed E-state index contributed by atoms with van der Waals surface area (Å²) in [5.41, 5.74) is 2.29. The van der Waals surface area contributed by atoms with Crippen LogP contribution in [0.4, 0.5) is 0 Å². The highest BCUT2D eigenvalue weighted by Crippen LogP contribution is 2.03. The van der Waals surface area contributed by atoms with Crippen LogP contribution in [0.25, 0.3) is 11.0 Å². The van der Waals surface area contributed by atoms with E-state index in [0.717, 1.165) is 17.5 Å². The van der Waals surface area contributed by atoms with Crippen LogP contribution in [-0.4, -0.2) is 28.0 Å². The fraction of sp³-hybridized carbons (Fsp3) is 0.308. The molecule has 0 radical (unpaired) electrons. The third-order valence-corrected chi connectivity index (χ3v) is 2.01. The summed E-state index contributed by atoms with van der Waals surface area (Å²) in [5, 5.41) is 10.3. The number of aromatic amines is 1. The first kappa shape index (κ1) is 13.9. The van der Waals surface area contributed by atoms with Crippen molar-refractivity contribution in [3.63, 3.8) is 0 Å². The van der Waals surface area contributed by atoms with Gasteiger partial charge in [-0.2, -0.15) is 15.4 Å². The number of hydrogen-bond donors (Lipinski definition) is 1. The zero-order valence-corrected chi connectivity index (χ0v) is 10.6. The second-order valence-corrected chi connectivity index (χ2v) is 3.73. The second kappa shape index (κ2) is 7.21. The van der Waals surface area contributed by atoms with E-state index in [-0.39, 0.29) is 5.97 Å². The van der Waals surface area contributed by atoms with Gasteiger partial charge >= 0.3 is 5.97 Å². The molecule has 5 heteroatoms. The highest BCUT2D eigenvalue weighted by atomic mass is 16.5. The first-order valence-corrected chi connectivity index (χ1v) is 5.73. The van der Waals surface area contributed by atoms with Crippen molar-refractivity contribution < 1.29 is 9.53 Å². The smallest absolute Gasteiger partial charge is 0.333 e. The number of nitrogens with one attached hydrogen (secondary N) is 1. The highest BCUT2D eigenvalue weighted by molar-refractivity contribution is 5.86. The molecular formula is C13H17N3O2. The number of H-pyrrole nitrogens is 1. The Labute approximate surface area is 106 Å². The van der Waals surface area contributed by atoms with E-state index >= 15 is 0 Å². The lowest BCUT2D eigenvalue weighted by atomic mass is 10.3. The number of hydrogen-bond acceptors (Lipinski definition) is 4. The van der Waals surface area contributed by atoms with Crippen molar-refractivity contribution in [3.05, 3.63) is 36.4 Å². The van der Waals surface area contributed by atoms with E-state index in [0.29, 0.717) is 12.2 Å². The van der Waals surface area contributed by atoms with Crippen LogP contribution in [0.15, 0.2) is 36.4 Å². The third kappa shape index (κ3) is 4.37. The Hall–Kier alpha value is -2.17.